The summed E-state index contributed by atoms with van der Waals surface area (Å²) in [4.78, 5) is 22.5. The number of hydrogen-bond donors (Lipinski definition) is 0. The van der Waals surface area contributed by atoms with E-state index in [0.717, 1.165) is 38.7 Å². The van der Waals surface area contributed by atoms with Crippen molar-refractivity contribution in [3.05, 3.63) is 229 Å². The topological polar surface area (TPSA) is 51.6 Å². The summed E-state index contributed by atoms with van der Waals surface area (Å²) in [5.74, 6) is 1.94. The van der Waals surface area contributed by atoms with Gasteiger partial charge in [-0.15, -0.1) is 0 Å². The molecule has 4 nitrogen and oxygen atoms in total. The molecule has 3 heterocycles. The first-order valence-electron chi connectivity index (χ1n) is 20.2. The molecule has 8 aromatic carbocycles. The van der Waals surface area contributed by atoms with E-state index in [1.807, 2.05) is 60.4 Å². The summed E-state index contributed by atoms with van der Waals surface area (Å²) >= 11 is 1.84. The van der Waals surface area contributed by atoms with Crippen molar-refractivity contribution in [1.82, 2.24) is 19.9 Å². The normalized spacial score (nSPS) is 13.1. The fourth-order valence-corrected chi connectivity index (χ4v) is 10.5. The van der Waals surface area contributed by atoms with Crippen molar-refractivity contribution >= 4 is 22.7 Å². The molecule has 10 aromatic rings. The minimum atomic E-state index is -0.582. The van der Waals surface area contributed by atoms with Crippen LogP contribution in [0, 0.1) is 0 Å². The summed E-state index contributed by atoms with van der Waals surface area (Å²) in [6.07, 6.45) is 1.87. The van der Waals surface area contributed by atoms with Gasteiger partial charge in [0.15, 0.2) is 17.5 Å². The number of rotatable bonds is 5. The van der Waals surface area contributed by atoms with Crippen LogP contribution in [-0.2, 0) is 5.41 Å². The summed E-state index contributed by atoms with van der Waals surface area (Å²) < 4.78 is 0. The Kier molecular flexibility index (Phi) is 7.97. The molecule has 0 amide bonds. The third kappa shape index (κ3) is 5.40. The van der Waals surface area contributed by atoms with E-state index in [2.05, 4.69) is 158 Å². The summed E-state index contributed by atoms with van der Waals surface area (Å²) in [6.45, 7) is 0. The molecular weight excluding hydrogens is 749 g/mol. The number of pyridine rings is 1. The minimum Gasteiger partial charge on any atom is -0.256 e. The van der Waals surface area contributed by atoms with Crippen molar-refractivity contribution in [3.8, 4) is 67.5 Å². The van der Waals surface area contributed by atoms with E-state index in [1.54, 1.807) is 0 Å². The third-order valence-electron chi connectivity index (χ3n) is 12.1. The Morgan fingerprint density at radius 1 is 0.333 bits per heavy atom. The zero-order valence-corrected chi connectivity index (χ0v) is 33.1. The second kappa shape index (κ2) is 13.8. The van der Waals surface area contributed by atoms with Gasteiger partial charge in [-0.1, -0.05) is 182 Å². The standard InChI is InChI=1S/C55H34N4S/c1-3-13-38(14-4-1)52-57-53(39-15-5-2-6-16-39)59-54(58-52)41-29-31-50-48(34-41)55(45-22-9-7-19-43(45)44-20-8-10-23-46(44)55)47-33-40(28-30-49(47)60-50)35-24-26-36(27-25-35)42-21-11-17-37-18-12-32-56-51(37)42/h1-34H. The fraction of sp³-hybridized carbons (Fsp3) is 0.0182. The molecule has 0 bridgehead atoms. The maximum Gasteiger partial charge on any atom is 0.164 e. The van der Waals surface area contributed by atoms with Crippen molar-refractivity contribution in [1.29, 1.82) is 0 Å². The first-order valence-corrected chi connectivity index (χ1v) is 21.0. The van der Waals surface area contributed by atoms with Crippen LogP contribution in [0.3, 0.4) is 0 Å². The van der Waals surface area contributed by atoms with Gasteiger partial charge in [-0.3, -0.25) is 4.98 Å². The lowest BCUT2D eigenvalue weighted by Gasteiger charge is -2.40. The predicted molar refractivity (Wildman–Crippen MR) is 244 cm³/mol. The maximum atomic E-state index is 5.16. The van der Waals surface area contributed by atoms with Crippen LogP contribution in [0.2, 0.25) is 0 Å². The molecule has 0 unspecified atom stereocenters. The van der Waals surface area contributed by atoms with Crippen LogP contribution in [0.4, 0.5) is 0 Å². The van der Waals surface area contributed by atoms with E-state index in [-0.39, 0.29) is 0 Å². The number of nitrogens with zero attached hydrogens (tertiary/aromatic N) is 4. The average molecular weight is 783 g/mol. The molecule has 0 saturated carbocycles. The van der Waals surface area contributed by atoms with E-state index < -0.39 is 5.41 Å². The van der Waals surface area contributed by atoms with Gasteiger partial charge in [0.25, 0.3) is 0 Å². The van der Waals surface area contributed by atoms with E-state index >= 15 is 0 Å². The molecule has 2 aliphatic rings. The Balaban J connectivity index is 1.05. The second-order valence-electron chi connectivity index (χ2n) is 15.4. The van der Waals surface area contributed by atoms with Gasteiger partial charge >= 0.3 is 0 Å². The van der Waals surface area contributed by atoms with Crippen molar-refractivity contribution in [3.63, 3.8) is 0 Å². The minimum absolute atomic E-state index is 0.582. The molecule has 0 radical (unpaired) electrons. The highest BCUT2D eigenvalue weighted by Gasteiger charge is 2.50. The van der Waals surface area contributed by atoms with Gasteiger partial charge in [0.2, 0.25) is 0 Å². The SMILES string of the molecule is c1ccc(-c2nc(-c3ccccc3)nc(-c3ccc4c(c3)C3(c5cc(-c6ccc(-c7cccc8cccnc78)cc6)ccc5S4)c4ccccc4-c4ccccc43)n2)cc1. The largest absolute Gasteiger partial charge is 0.256 e. The van der Waals surface area contributed by atoms with Gasteiger partial charge in [-0.25, -0.2) is 15.0 Å². The smallest absolute Gasteiger partial charge is 0.164 e. The van der Waals surface area contributed by atoms with Crippen molar-refractivity contribution in [2.45, 2.75) is 15.2 Å². The molecular formula is C55H34N4S. The molecule has 0 saturated heterocycles. The summed E-state index contributed by atoms with van der Waals surface area (Å²) in [7, 11) is 0. The van der Waals surface area contributed by atoms with Crippen LogP contribution in [0.25, 0.3) is 78.4 Å². The van der Waals surface area contributed by atoms with Crippen LogP contribution < -0.4 is 0 Å². The third-order valence-corrected chi connectivity index (χ3v) is 13.2. The van der Waals surface area contributed by atoms with Crippen molar-refractivity contribution < 1.29 is 0 Å². The van der Waals surface area contributed by atoms with Crippen LogP contribution in [0.1, 0.15) is 22.3 Å². The van der Waals surface area contributed by atoms with Gasteiger partial charge in [-0.2, -0.15) is 0 Å². The van der Waals surface area contributed by atoms with E-state index in [4.69, 9.17) is 19.9 Å². The van der Waals surface area contributed by atoms with Gasteiger partial charge in [-0.05, 0) is 80.4 Å². The highest BCUT2D eigenvalue weighted by Crippen LogP contribution is 2.62. The monoisotopic (exact) mass is 782 g/mol. The zero-order valence-electron chi connectivity index (χ0n) is 32.3. The molecule has 60 heavy (non-hydrogen) atoms. The molecule has 1 aliphatic carbocycles. The number of fused-ring (bicyclic) bond motifs is 10. The Labute approximate surface area is 352 Å². The number of aromatic nitrogens is 4. The van der Waals surface area contributed by atoms with Crippen LogP contribution in [0.5, 0.6) is 0 Å². The summed E-state index contributed by atoms with van der Waals surface area (Å²) in [5.41, 5.74) is 15.5. The Hall–Kier alpha value is -7.47. The van der Waals surface area contributed by atoms with Crippen LogP contribution >= 0.6 is 11.8 Å². The van der Waals surface area contributed by atoms with E-state index in [1.165, 1.54) is 54.3 Å². The molecule has 2 aromatic heterocycles. The molecule has 12 rings (SSSR count). The highest BCUT2D eigenvalue weighted by atomic mass is 32.2. The first-order chi connectivity index (χ1) is 29.7. The molecule has 1 aliphatic heterocycles. The lowest BCUT2D eigenvalue weighted by Crippen LogP contribution is -2.32. The second-order valence-corrected chi connectivity index (χ2v) is 16.4. The Bertz CT molecular complexity index is 3180. The zero-order chi connectivity index (χ0) is 39.6. The Morgan fingerprint density at radius 2 is 0.817 bits per heavy atom. The van der Waals surface area contributed by atoms with Gasteiger partial charge < -0.3 is 0 Å². The highest BCUT2D eigenvalue weighted by molar-refractivity contribution is 7.99. The predicted octanol–water partition coefficient (Wildman–Crippen LogP) is 13.6. The van der Waals surface area contributed by atoms with Crippen molar-refractivity contribution in [2.75, 3.05) is 0 Å². The first kappa shape index (κ1) is 34.6. The lowest BCUT2D eigenvalue weighted by atomic mass is 9.66. The summed E-state index contributed by atoms with van der Waals surface area (Å²) in [6, 6.07) is 71.6. The van der Waals surface area contributed by atoms with Gasteiger partial charge in [0, 0.05) is 43.6 Å². The van der Waals surface area contributed by atoms with Crippen LogP contribution in [-0.4, -0.2) is 19.9 Å². The molecule has 0 fully saturated rings. The maximum absolute atomic E-state index is 5.16. The Morgan fingerprint density at radius 3 is 1.45 bits per heavy atom. The molecule has 0 N–H and O–H groups in total. The van der Waals surface area contributed by atoms with E-state index in [0.29, 0.717) is 17.5 Å². The van der Waals surface area contributed by atoms with E-state index in [9.17, 15) is 0 Å². The summed E-state index contributed by atoms with van der Waals surface area (Å²) in [5, 5.41) is 1.14. The van der Waals surface area contributed by atoms with Crippen molar-refractivity contribution in [2.24, 2.45) is 0 Å². The number of benzene rings is 8. The fourth-order valence-electron chi connectivity index (χ4n) is 9.34. The number of para-hydroxylation sites is 1. The number of hydrogen-bond acceptors (Lipinski definition) is 5. The average Bonchev–Trinajstić information content (AvgIpc) is 3.62. The quantitative estimate of drug-likeness (QED) is 0.174. The van der Waals surface area contributed by atoms with Crippen LogP contribution in [0.15, 0.2) is 216 Å². The van der Waals surface area contributed by atoms with Gasteiger partial charge in [0.05, 0.1) is 10.9 Å². The molecule has 5 heteroatoms. The molecule has 280 valence electrons. The lowest BCUT2D eigenvalue weighted by molar-refractivity contribution is 0.723. The molecule has 1 spiro atoms. The van der Waals surface area contributed by atoms with Gasteiger partial charge in [0.1, 0.15) is 0 Å². The molecule has 0 atom stereocenters.